The monoisotopic (exact) mass is 268 g/mol. The molecule has 4 heteroatoms. The summed E-state index contributed by atoms with van der Waals surface area (Å²) in [6.07, 6.45) is 1.54. The number of benzene rings is 1. The first kappa shape index (κ1) is 14.9. The SMILES string of the molecule is CCOS(=O)(=O)C=Cc1ccc(C(C)(C)C)cc1. The van der Waals surface area contributed by atoms with Crippen LogP contribution >= 0.6 is 0 Å². The lowest BCUT2D eigenvalue weighted by Gasteiger charge is -2.18. The highest BCUT2D eigenvalue weighted by atomic mass is 32.2. The molecule has 0 heterocycles. The van der Waals surface area contributed by atoms with Gasteiger partial charge in [0.05, 0.1) is 12.0 Å². The predicted octanol–water partition coefficient (Wildman–Crippen LogP) is 3.32. The van der Waals surface area contributed by atoms with Crippen LogP contribution in [0.15, 0.2) is 29.7 Å². The summed E-state index contributed by atoms with van der Waals surface area (Å²) in [5.41, 5.74) is 2.15. The molecule has 0 amide bonds. The summed E-state index contributed by atoms with van der Waals surface area (Å²) in [5, 5.41) is 1.09. The van der Waals surface area contributed by atoms with Gasteiger partial charge in [-0.25, -0.2) is 0 Å². The van der Waals surface area contributed by atoms with Gasteiger partial charge in [0.25, 0.3) is 10.1 Å². The molecule has 0 fully saturated rings. The Labute approximate surface area is 110 Å². The van der Waals surface area contributed by atoms with Crippen molar-refractivity contribution in [1.82, 2.24) is 0 Å². The lowest BCUT2D eigenvalue weighted by atomic mass is 9.87. The van der Waals surface area contributed by atoms with E-state index in [0.29, 0.717) is 0 Å². The minimum Gasteiger partial charge on any atom is -0.267 e. The van der Waals surface area contributed by atoms with Gasteiger partial charge in [-0.05, 0) is 29.5 Å². The number of hydrogen-bond donors (Lipinski definition) is 0. The first-order chi connectivity index (χ1) is 8.24. The maximum Gasteiger partial charge on any atom is 0.290 e. The number of hydrogen-bond acceptors (Lipinski definition) is 3. The summed E-state index contributed by atoms with van der Waals surface area (Å²) in [6, 6.07) is 7.82. The molecule has 0 atom stereocenters. The zero-order valence-electron chi connectivity index (χ0n) is 11.3. The van der Waals surface area contributed by atoms with Gasteiger partial charge in [0, 0.05) is 0 Å². The van der Waals surface area contributed by atoms with Gasteiger partial charge in [-0.1, -0.05) is 45.0 Å². The Morgan fingerprint density at radius 1 is 1.17 bits per heavy atom. The van der Waals surface area contributed by atoms with Crippen LogP contribution in [0.5, 0.6) is 0 Å². The van der Waals surface area contributed by atoms with Crippen LogP contribution in [-0.4, -0.2) is 15.0 Å². The molecular weight excluding hydrogens is 248 g/mol. The van der Waals surface area contributed by atoms with Crippen molar-refractivity contribution in [2.45, 2.75) is 33.1 Å². The van der Waals surface area contributed by atoms with E-state index >= 15 is 0 Å². The summed E-state index contributed by atoms with van der Waals surface area (Å²) in [6.45, 7) is 8.20. The van der Waals surface area contributed by atoms with E-state index < -0.39 is 10.1 Å². The van der Waals surface area contributed by atoms with Crippen molar-refractivity contribution in [2.75, 3.05) is 6.61 Å². The molecule has 0 N–H and O–H groups in total. The van der Waals surface area contributed by atoms with Crippen molar-refractivity contribution in [3.63, 3.8) is 0 Å². The minimum absolute atomic E-state index is 0.0969. The van der Waals surface area contributed by atoms with Crippen molar-refractivity contribution in [1.29, 1.82) is 0 Å². The minimum atomic E-state index is -3.55. The van der Waals surface area contributed by atoms with Gasteiger partial charge in [-0.2, -0.15) is 8.42 Å². The van der Waals surface area contributed by atoms with Crippen molar-refractivity contribution >= 4 is 16.2 Å². The van der Waals surface area contributed by atoms with Gasteiger partial charge < -0.3 is 0 Å². The maximum absolute atomic E-state index is 11.3. The third-order valence-electron chi connectivity index (χ3n) is 2.49. The first-order valence-corrected chi connectivity index (χ1v) is 7.40. The number of rotatable bonds is 4. The van der Waals surface area contributed by atoms with E-state index in [-0.39, 0.29) is 12.0 Å². The average molecular weight is 268 g/mol. The highest BCUT2D eigenvalue weighted by Crippen LogP contribution is 2.22. The van der Waals surface area contributed by atoms with Crippen molar-refractivity contribution in [3.05, 3.63) is 40.8 Å². The Kier molecular flexibility index (Phi) is 4.71. The summed E-state index contributed by atoms with van der Waals surface area (Å²) in [4.78, 5) is 0. The lowest BCUT2D eigenvalue weighted by Crippen LogP contribution is -2.10. The molecule has 0 aromatic heterocycles. The van der Waals surface area contributed by atoms with Crippen molar-refractivity contribution < 1.29 is 12.6 Å². The van der Waals surface area contributed by atoms with Gasteiger partial charge in [0.2, 0.25) is 0 Å². The smallest absolute Gasteiger partial charge is 0.267 e. The fourth-order valence-corrected chi connectivity index (χ4v) is 2.19. The van der Waals surface area contributed by atoms with Crippen LogP contribution in [0.2, 0.25) is 0 Å². The zero-order valence-corrected chi connectivity index (χ0v) is 12.1. The Morgan fingerprint density at radius 2 is 1.72 bits per heavy atom. The Balaban J connectivity index is 2.85. The zero-order chi connectivity index (χ0) is 13.8. The van der Waals surface area contributed by atoms with E-state index in [0.717, 1.165) is 11.0 Å². The van der Waals surface area contributed by atoms with E-state index in [2.05, 4.69) is 25.0 Å². The normalized spacial score (nSPS) is 13.1. The third kappa shape index (κ3) is 4.63. The van der Waals surface area contributed by atoms with E-state index in [1.807, 2.05) is 24.3 Å². The predicted molar refractivity (Wildman–Crippen MR) is 74.7 cm³/mol. The molecular formula is C14H20O3S. The van der Waals surface area contributed by atoms with Gasteiger partial charge in [0.15, 0.2) is 0 Å². The molecule has 1 rings (SSSR count). The molecule has 1 aromatic rings. The van der Waals surface area contributed by atoms with Crippen molar-refractivity contribution in [2.24, 2.45) is 0 Å². The van der Waals surface area contributed by atoms with Crippen molar-refractivity contribution in [3.8, 4) is 0 Å². The highest BCUT2D eigenvalue weighted by molar-refractivity contribution is 7.89. The standard InChI is InChI=1S/C14H20O3S/c1-5-17-18(15,16)11-10-12-6-8-13(9-7-12)14(2,3)4/h6-11H,5H2,1-4H3. The summed E-state index contributed by atoms with van der Waals surface area (Å²) in [7, 11) is -3.55. The second-order valence-electron chi connectivity index (χ2n) is 5.07. The molecule has 0 radical (unpaired) electrons. The quantitative estimate of drug-likeness (QED) is 0.787. The fraction of sp³-hybridized carbons (Fsp3) is 0.429. The molecule has 0 saturated heterocycles. The van der Waals surface area contributed by atoms with Crippen LogP contribution < -0.4 is 0 Å². The molecule has 0 aliphatic heterocycles. The summed E-state index contributed by atoms with van der Waals surface area (Å²) < 4.78 is 27.3. The molecule has 0 saturated carbocycles. The van der Waals surface area contributed by atoms with E-state index in [1.54, 1.807) is 6.92 Å². The van der Waals surface area contributed by atoms with Crippen LogP contribution in [0.4, 0.5) is 0 Å². The van der Waals surface area contributed by atoms with Gasteiger partial charge in [0.1, 0.15) is 0 Å². The molecule has 3 nitrogen and oxygen atoms in total. The molecule has 0 bridgehead atoms. The average Bonchev–Trinajstić information content (AvgIpc) is 2.26. The van der Waals surface area contributed by atoms with Crippen LogP contribution in [0.1, 0.15) is 38.8 Å². The first-order valence-electron chi connectivity index (χ1n) is 5.92. The second kappa shape index (κ2) is 5.67. The molecule has 0 spiro atoms. The van der Waals surface area contributed by atoms with Crippen LogP contribution in [-0.2, 0) is 19.7 Å². The molecule has 100 valence electrons. The van der Waals surface area contributed by atoms with E-state index in [4.69, 9.17) is 0 Å². The lowest BCUT2D eigenvalue weighted by molar-refractivity contribution is 0.345. The summed E-state index contributed by atoms with van der Waals surface area (Å²) in [5.74, 6) is 0. The van der Waals surface area contributed by atoms with E-state index in [9.17, 15) is 8.42 Å². The molecule has 18 heavy (non-hydrogen) atoms. The molecule has 1 aromatic carbocycles. The van der Waals surface area contributed by atoms with Gasteiger partial charge in [-0.15, -0.1) is 0 Å². The largest absolute Gasteiger partial charge is 0.290 e. The van der Waals surface area contributed by atoms with Crippen LogP contribution in [0.3, 0.4) is 0 Å². The molecule has 0 aliphatic rings. The van der Waals surface area contributed by atoms with Gasteiger partial charge >= 0.3 is 0 Å². The Hall–Kier alpha value is -1.13. The van der Waals surface area contributed by atoms with Crippen LogP contribution in [0, 0.1) is 0 Å². The maximum atomic E-state index is 11.3. The van der Waals surface area contributed by atoms with Crippen LogP contribution in [0.25, 0.3) is 6.08 Å². The van der Waals surface area contributed by atoms with E-state index in [1.165, 1.54) is 11.6 Å². The molecule has 0 aliphatic carbocycles. The third-order valence-corrected chi connectivity index (χ3v) is 3.52. The summed E-state index contributed by atoms with van der Waals surface area (Å²) >= 11 is 0. The Morgan fingerprint density at radius 3 is 2.17 bits per heavy atom. The van der Waals surface area contributed by atoms with Gasteiger partial charge in [-0.3, -0.25) is 4.18 Å². The topological polar surface area (TPSA) is 43.4 Å². The molecule has 0 unspecified atom stereocenters. The Bertz CT molecular complexity index is 505. The highest BCUT2D eigenvalue weighted by Gasteiger charge is 2.12. The fourth-order valence-electron chi connectivity index (χ4n) is 1.46. The second-order valence-corrected chi connectivity index (χ2v) is 6.57.